The number of aromatic amines is 1. The lowest BCUT2D eigenvalue weighted by molar-refractivity contribution is -0.384. The third-order valence-corrected chi connectivity index (χ3v) is 6.04. The first-order valence-corrected chi connectivity index (χ1v) is 10.6. The fraction of sp³-hybridized carbons (Fsp3) is 0.348. The third kappa shape index (κ3) is 4.69. The summed E-state index contributed by atoms with van der Waals surface area (Å²) in [6, 6.07) is 14.6. The van der Waals surface area contributed by atoms with Gasteiger partial charge in [-0.15, -0.1) is 0 Å². The molecule has 0 radical (unpaired) electrons. The molecule has 3 aromatic rings. The summed E-state index contributed by atoms with van der Waals surface area (Å²) in [6.45, 7) is 5.66. The van der Waals surface area contributed by atoms with Crippen molar-refractivity contribution in [3.8, 4) is 0 Å². The number of para-hydroxylation sites is 1. The molecule has 0 aliphatic carbocycles. The van der Waals surface area contributed by atoms with Crippen molar-refractivity contribution in [2.24, 2.45) is 0 Å². The monoisotopic (exact) mass is 421 g/mol. The van der Waals surface area contributed by atoms with Crippen LogP contribution in [0, 0.1) is 10.1 Å². The van der Waals surface area contributed by atoms with E-state index in [2.05, 4.69) is 32.2 Å². The maximum absolute atomic E-state index is 12.6. The van der Waals surface area contributed by atoms with Gasteiger partial charge in [-0.1, -0.05) is 18.2 Å². The van der Waals surface area contributed by atoms with E-state index in [0.29, 0.717) is 6.54 Å². The fourth-order valence-electron chi connectivity index (χ4n) is 4.12. The van der Waals surface area contributed by atoms with Gasteiger partial charge >= 0.3 is 0 Å². The minimum atomic E-state index is -0.388. The minimum absolute atomic E-state index is 0.0450. The molecule has 1 amide bonds. The summed E-state index contributed by atoms with van der Waals surface area (Å²) in [7, 11) is 0. The second-order valence-corrected chi connectivity index (χ2v) is 7.87. The maximum atomic E-state index is 12.6. The number of aromatic nitrogens is 1. The Bertz CT molecular complexity index is 1050. The largest absolute Gasteiger partial charge is 0.369 e. The van der Waals surface area contributed by atoms with Crippen molar-refractivity contribution in [3.63, 3.8) is 0 Å². The molecule has 1 aliphatic heterocycles. The lowest BCUT2D eigenvalue weighted by atomic mass is 10.1. The van der Waals surface area contributed by atoms with Crippen LogP contribution in [0.2, 0.25) is 0 Å². The van der Waals surface area contributed by atoms with Crippen molar-refractivity contribution in [1.29, 1.82) is 0 Å². The number of piperazine rings is 1. The van der Waals surface area contributed by atoms with Crippen molar-refractivity contribution in [1.82, 2.24) is 15.2 Å². The smallest absolute Gasteiger partial charge is 0.269 e. The van der Waals surface area contributed by atoms with E-state index in [-0.39, 0.29) is 22.6 Å². The molecule has 8 nitrogen and oxygen atoms in total. The van der Waals surface area contributed by atoms with E-state index in [0.717, 1.165) is 43.8 Å². The SMILES string of the molecule is CC(C(=O)NCCc1c[nH]c2ccccc12)N1CCN(c2ccc([N+](=O)[O-])cc2)CC1. The summed E-state index contributed by atoms with van der Waals surface area (Å²) in [6.07, 6.45) is 2.80. The molecule has 31 heavy (non-hydrogen) atoms. The van der Waals surface area contributed by atoms with E-state index >= 15 is 0 Å². The van der Waals surface area contributed by atoms with Gasteiger partial charge in [-0.2, -0.15) is 0 Å². The number of nitrogens with zero attached hydrogens (tertiary/aromatic N) is 3. The number of rotatable bonds is 7. The second-order valence-electron chi connectivity index (χ2n) is 7.87. The Labute approximate surface area is 181 Å². The third-order valence-electron chi connectivity index (χ3n) is 6.04. The molecular weight excluding hydrogens is 394 g/mol. The van der Waals surface area contributed by atoms with Crippen LogP contribution in [0.5, 0.6) is 0 Å². The summed E-state index contributed by atoms with van der Waals surface area (Å²) in [4.78, 5) is 30.7. The molecule has 1 aliphatic rings. The van der Waals surface area contributed by atoms with Gasteiger partial charge < -0.3 is 15.2 Å². The zero-order valence-electron chi connectivity index (χ0n) is 17.6. The number of hydrogen-bond donors (Lipinski definition) is 2. The number of benzene rings is 2. The lowest BCUT2D eigenvalue weighted by Gasteiger charge is -2.38. The number of anilines is 1. The number of H-pyrrole nitrogens is 1. The van der Waals surface area contributed by atoms with Gasteiger partial charge in [0.05, 0.1) is 11.0 Å². The molecule has 2 heterocycles. The van der Waals surface area contributed by atoms with Crippen LogP contribution in [-0.2, 0) is 11.2 Å². The number of fused-ring (bicyclic) bond motifs is 1. The average molecular weight is 422 g/mol. The Morgan fingerprint density at radius 1 is 1.13 bits per heavy atom. The highest BCUT2D eigenvalue weighted by Gasteiger charge is 2.25. The number of nitrogens with one attached hydrogen (secondary N) is 2. The quantitative estimate of drug-likeness (QED) is 0.452. The number of nitro benzene ring substituents is 1. The van der Waals surface area contributed by atoms with Crippen LogP contribution in [0.25, 0.3) is 10.9 Å². The van der Waals surface area contributed by atoms with Gasteiger partial charge in [-0.05, 0) is 37.1 Å². The first kappa shape index (κ1) is 20.9. The Morgan fingerprint density at radius 2 is 1.84 bits per heavy atom. The van der Waals surface area contributed by atoms with Gasteiger partial charge in [0.15, 0.2) is 0 Å². The average Bonchev–Trinajstić information content (AvgIpc) is 3.22. The van der Waals surface area contributed by atoms with Crippen molar-refractivity contribution >= 4 is 28.2 Å². The number of carbonyl (C=O) groups is 1. The highest BCUT2D eigenvalue weighted by molar-refractivity contribution is 5.83. The molecule has 0 bridgehead atoms. The van der Waals surface area contributed by atoms with Gasteiger partial charge in [0, 0.05) is 67.6 Å². The van der Waals surface area contributed by atoms with Crippen molar-refractivity contribution < 1.29 is 9.72 Å². The molecule has 1 saturated heterocycles. The van der Waals surface area contributed by atoms with Crippen molar-refractivity contribution in [3.05, 3.63) is 70.4 Å². The van der Waals surface area contributed by atoms with E-state index < -0.39 is 0 Å². The highest BCUT2D eigenvalue weighted by Crippen LogP contribution is 2.21. The van der Waals surface area contributed by atoms with E-state index in [1.165, 1.54) is 23.1 Å². The molecular formula is C23H27N5O3. The number of amides is 1. The van der Waals surface area contributed by atoms with E-state index in [9.17, 15) is 14.9 Å². The fourth-order valence-corrected chi connectivity index (χ4v) is 4.12. The van der Waals surface area contributed by atoms with Crippen LogP contribution < -0.4 is 10.2 Å². The predicted octanol–water partition coefficient (Wildman–Crippen LogP) is 2.95. The molecule has 4 rings (SSSR count). The zero-order valence-corrected chi connectivity index (χ0v) is 17.6. The van der Waals surface area contributed by atoms with Gasteiger partial charge in [0.25, 0.3) is 5.69 Å². The number of carbonyl (C=O) groups excluding carboxylic acids is 1. The molecule has 1 unspecified atom stereocenters. The molecule has 0 spiro atoms. The Morgan fingerprint density at radius 3 is 2.55 bits per heavy atom. The van der Waals surface area contributed by atoms with E-state index in [1.807, 2.05) is 25.3 Å². The van der Waals surface area contributed by atoms with E-state index in [4.69, 9.17) is 0 Å². The Hall–Kier alpha value is -3.39. The van der Waals surface area contributed by atoms with Gasteiger partial charge in [-0.3, -0.25) is 19.8 Å². The van der Waals surface area contributed by atoms with Crippen LogP contribution in [0.1, 0.15) is 12.5 Å². The first-order chi connectivity index (χ1) is 15.0. The summed E-state index contributed by atoms with van der Waals surface area (Å²) in [5.74, 6) is 0.0450. The normalized spacial score (nSPS) is 15.7. The van der Waals surface area contributed by atoms with Crippen molar-refractivity contribution in [2.45, 2.75) is 19.4 Å². The van der Waals surface area contributed by atoms with Crippen LogP contribution in [-0.4, -0.2) is 59.5 Å². The van der Waals surface area contributed by atoms with Crippen LogP contribution in [0.4, 0.5) is 11.4 Å². The number of nitro groups is 1. The Kier molecular flexibility index (Phi) is 6.18. The molecule has 162 valence electrons. The van der Waals surface area contributed by atoms with Gasteiger partial charge in [0.2, 0.25) is 5.91 Å². The maximum Gasteiger partial charge on any atom is 0.269 e. The Balaban J connectivity index is 1.24. The lowest BCUT2D eigenvalue weighted by Crippen LogP contribution is -2.54. The number of non-ortho nitro benzene ring substituents is 1. The molecule has 1 aromatic heterocycles. The minimum Gasteiger partial charge on any atom is -0.369 e. The van der Waals surface area contributed by atoms with Gasteiger partial charge in [0.1, 0.15) is 0 Å². The van der Waals surface area contributed by atoms with Crippen molar-refractivity contribution in [2.75, 3.05) is 37.6 Å². The van der Waals surface area contributed by atoms with Gasteiger partial charge in [-0.25, -0.2) is 0 Å². The highest BCUT2D eigenvalue weighted by atomic mass is 16.6. The molecule has 2 N–H and O–H groups in total. The summed E-state index contributed by atoms with van der Waals surface area (Å²) >= 11 is 0. The predicted molar refractivity (Wildman–Crippen MR) is 121 cm³/mol. The summed E-state index contributed by atoms with van der Waals surface area (Å²) in [5.41, 5.74) is 3.39. The van der Waals surface area contributed by atoms with E-state index in [1.54, 1.807) is 12.1 Å². The molecule has 1 atom stereocenters. The van der Waals surface area contributed by atoms with Crippen LogP contribution in [0.15, 0.2) is 54.7 Å². The molecule has 2 aromatic carbocycles. The number of hydrogen-bond acceptors (Lipinski definition) is 5. The van der Waals surface area contributed by atoms with Crippen LogP contribution in [0.3, 0.4) is 0 Å². The summed E-state index contributed by atoms with van der Waals surface area (Å²) in [5, 5.41) is 15.1. The molecule has 1 fully saturated rings. The van der Waals surface area contributed by atoms with Crippen LogP contribution >= 0.6 is 0 Å². The summed E-state index contributed by atoms with van der Waals surface area (Å²) < 4.78 is 0. The topological polar surface area (TPSA) is 94.5 Å². The zero-order chi connectivity index (χ0) is 21.8. The molecule has 0 saturated carbocycles. The molecule has 8 heteroatoms. The second kappa shape index (κ2) is 9.18. The standard InChI is InChI=1S/C23H27N5O3/c1-17(23(29)24-11-10-18-16-25-22-5-3-2-4-21(18)22)26-12-14-27(15-13-26)19-6-8-20(9-7-19)28(30)31/h2-9,16-17,25H,10-15H2,1H3,(H,24,29). The first-order valence-electron chi connectivity index (χ1n) is 10.6.